The Morgan fingerprint density at radius 1 is 1.25 bits per heavy atom. The fourth-order valence-corrected chi connectivity index (χ4v) is 4.78. The molecule has 2 N–H and O–H groups in total. The van der Waals surface area contributed by atoms with Gasteiger partial charge in [0.1, 0.15) is 0 Å². The van der Waals surface area contributed by atoms with Gasteiger partial charge in [-0.2, -0.15) is 0 Å². The Bertz CT molecular complexity index is 660. The topological polar surface area (TPSA) is 60.3 Å². The molecule has 3 aliphatic rings. The van der Waals surface area contributed by atoms with E-state index in [1.807, 2.05) is 0 Å². The van der Waals surface area contributed by atoms with Crippen LogP contribution < -0.4 is 5.32 Å². The number of nitrogens with zero attached hydrogens (tertiary/aromatic N) is 3. The Labute approximate surface area is 168 Å². The maximum atomic E-state index is 10.7. The number of nitrogens with one attached hydrogen (secondary N) is 1. The summed E-state index contributed by atoms with van der Waals surface area (Å²) in [6.45, 7) is 7.93. The molecule has 4 rings (SSSR count). The van der Waals surface area contributed by atoms with E-state index >= 15 is 0 Å². The number of morpholine rings is 1. The predicted octanol–water partition coefficient (Wildman–Crippen LogP) is 1.84. The van der Waals surface area contributed by atoms with Crippen molar-refractivity contribution in [2.75, 3.05) is 39.3 Å². The summed E-state index contributed by atoms with van der Waals surface area (Å²) >= 11 is 0. The van der Waals surface area contributed by atoms with Gasteiger partial charge in [-0.25, -0.2) is 0 Å². The van der Waals surface area contributed by atoms with Crippen molar-refractivity contribution in [3.8, 4) is 0 Å². The Morgan fingerprint density at radius 3 is 2.79 bits per heavy atom. The fourth-order valence-electron chi connectivity index (χ4n) is 4.78. The number of rotatable bonds is 5. The van der Waals surface area contributed by atoms with Crippen LogP contribution in [0.25, 0.3) is 0 Å². The monoisotopic (exact) mass is 386 g/mol. The Hall–Kier alpha value is -1.63. The molecule has 0 amide bonds. The van der Waals surface area contributed by atoms with E-state index in [1.54, 1.807) is 0 Å². The van der Waals surface area contributed by atoms with Gasteiger partial charge in [0.25, 0.3) is 0 Å². The van der Waals surface area contributed by atoms with E-state index in [0.29, 0.717) is 12.6 Å². The summed E-state index contributed by atoms with van der Waals surface area (Å²) in [6.07, 6.45) is 4.18. The van der Waals surface area contributed by atoms with Crippen LogP contribution in [0, 0.1) is 0 Å². The van der Waals surface area contributed by atoms with E-state index < -0.39 is 5.60 Å². The average Bonchev–Trinajstić information content (AvgIpc) is 3.33. The lowest BCUT2D eigenvalue weighted by Gasteiger charge is -2.36. The van der Waals surface area contributed by atoms with Crippen LogP contribution in [0.4, 0.5) is 0 Å². The van der Waals surface area contributed by atoms with E-state index in [1.165, 1.54) is 5.56 Å². The highest BCUT2D eigenvalue weighted by molar-refractivity contribution is 5.80. The van der Waals surface area contributed by atoms with Crippen molar-refractivity contribution in [3.63, 3.8) is 0 Å². The van der Waals surface area contributed by atoms with E-state index in [0.717, 1.165) is 71.0 Å². The van der Waals surface area contributed by atoms with E-state index in [9.17, 15) is 5.11 Å². The molecule has 1 aliphatic carbocycles. The lowest BCUT2D eigenvalue weighted by molar-refractivity contribution is -0.0502. The highest BCUT2D eigenvalue weighted by Gasteiger charge is 2.41. The molecule has 0 aromatic heterocycles. The molecule has 2 atom stereocenters. The first-order valence-electron chi connectivity index (χ1n) is 10.8. The van der Waals surface area contributed by atoms with Gasteiger partial charge in [0.2, 0.25) is 0 Å². The highest BCUT2D eigenvalue weighted by atomic mass is 16.5. The normalized spacial score (nSPS) is 27.8. The molecular weight excluding hydrogens is 352 g/mol. The van der Waals surface area contributed by atoms with E-state index in [-0.39, 0.29) is 6.10 Å². The van der Waals surface area contributed by atoms with Crippen LogP contribution >= 0.6 is 0 Å². The number of guanidine groups is 1. The van der Waals surface area contributed by atoms with Crippen LogP contribution in [0.1, 0.15) is 38.2 Å². The zero-order valence-electron chi connectivity index (χ0n) is 17.0. The van der Waals surface area contributed by atoms with Crippen molar-refractivity contribution < 1.29 is 9.84 Å². The molecule has 2 aliphatic heterocycles. The SMILES string of the molecule is CCNC(=NCC1(O)CCCC1)N1CC2OCCN(Cc3ccccc3)C2C1. The highest BCUT2D eigenvalue weighted by Crippen LogP contribution is 2.30. The molecular formula is C22H34N4O2. The first kappa shape index (κ1) is 19.7. The molecule has 1 saturated carbocycles. The number of aliphatic imine (C=N–C) groups is 1. The number of aliphatic hydroxyl groups is 1. The summed E-state index contributed by atoms with van der Waals surface area (Å²) in [7, 11) is 0. The number of hydrogen-bond donors (Lipinski definition) is 2. The zero-order chi connectivity index (χ0) is 19.4. The van der Waals surface area contributed by atoms with Crippen molar-refractivity contribution in [1.29, 1.82) is 0 Å². The average molecular weight is 387 g/mol. The number of benzene rings is 1. The zero-order valence-corrected chi connectivity index (χ0v) is 17.0. The van der Waals surface area contributed by atoms with Crippen molar-refractivity contribution in [2.45, 2.75) is 56.9 Å². The predicted molar refractivity (Wildman–Crippen MR) is 111 cm³/mol. The second kappa shape index (κ2) is 8.80. The minimum atomic E-state index is -0.608. The van der Waals surface area contributed by atoms with Gasteiger partial charge in [0.15, 0.2) is 5.96 Å². The van der Waals surface area contributed by atoms with Crippen molar-refractivity contribution in [2.24, 2.45) is 4.99 Å². The third-order valence-electron chi connectivity index (χ3n) is 6.34. The molecule has 6 nitrogen and oxygen atoms in total. The third-order valence-corrected chi connectivity index (χ3v) is 6.34. The maximum absolute atomic E-state index is 10.7. The van der Waals surface area contributed by atoms with Crippen LogP contribution in [0.5, 0.6) is 0 Å². The molecule has 1 aromatic carbocycles. The minimum Gasteiger partial charge on any atom is -0.388 e. The van der Waals surface area contributed by atoms with Gasteiger partial charge in [0, 0.05) is 32.7 Å². The van der Waals surface area contributed by atoms with Gasteiger partial charge in [-0.15, -0.1) is 0 Å². The molecule has 28 heavy (non-hydrogen) atoms. The van der Waals surface area contributed by atoms with Gasteiger partial charge < -0.3 is 20.1 Å². The molecule has 0 radical (unpaired) electrons. The summed E-state index contributed by atoms with van der Waals surface area (Å²) in [6, 6.07) is 11.1. The molecule has 2 saturated heterocycles. The second-order valence-electron chi connectivity index (χ2n) is 8.44. The van der Waals surface area contributed by atoms with Crippen LogP contribution in [-0.4, -0.2) is 77.9 Å². The number of hydrogen-bond acceptors (Lipinski definition) is 4. The van der Waals surface area contributed by atoms with Gasteiger partial charge in [-0.05, 0) is 25.3 Å². The summed E-state index contributed by atoms with van der Waals surface area (Å²) in [5.74, 6) is 0.917. The molecule has 1 aromatic rings. The Morgan fingerprint density at radius 2 is 2.04 bits per heavy atom. The van der Waals surface area contributed by atoms with Gasteiger partial charge in [-0.1, -0.05) is 43.2 Å². The first-order chi connectivity index (χ1) is 13.7. The summed E-state index contributed by atoms with van der Waals surface area (Å²) in [5.41, 5.74) is 0.744. The Balaban J connectivity index is 1.43. The van der Waals surface area contributed by atoms with Gasteiger partial charge >= 0.3 is 0 Å². The first-order valence-corrected chi connectivity index (χ1v) is 10.8. The van der Waals surface area contributed by atoms with Crippen LogP contribution in [0.2, 0.25) is 0 Å². The smallest absolute Gasteiger partial charge is 0.194 e. The van der Waals surface area contributed by atoms with Crippen LogP contribution in [0.3, 0.4) is 0 Å². The van der Waals surface area contributed by atoms with Crippen molar-refractivity contribution >= 4 is 5.96 Å². The summed E-state index contributed by atoms with van der Waals surface area (Å²) in [4.78, 5) is 9.70. The molecule has 0 bridgehead atoms. The van der Waals surface area contributed by atoms with Crippen molar-refractivity contribution in [1.82, 2.24) is 15.1 Å². The number of ether oxygens (including phenoxy) is 1. The number of fused-ring (bicyclic) bond motifs is 1. The molecule has 2 heterocycles. The Kier molecular flexibility index (Phi) is 6.19. The summed E-state index contributed by atoms with van der Waals surface area (Å²) in [5, 5.41) is 14.1. The quantitative estimate of drug-likeness (QED) is 0.597. The largest absolute Gasteiger partial charge is 0.388 e. The third kappa shape index (κ3) is 4.50. The number of likely N-dealkylation sites (tertiary alicyclic amines) is 1. The summed E-state index contributed by atoms with van der Waals surface area (Å²) < 4.78 is 6.11. The second-order valence-corrected chi connectivity index (χ2v) is 8.44. The molecule has 6 heteroatoms. The molecule has 2 unspecified atom stereocenters. The standard InChI is InChI=1S/C22H34N4O2/c1-2-23-21(24-17-22(27)10-6-7-11-22)26-15-19-20(16-26)28-13-12-25(19)14-18-8-4-3-5-9-18/h3-5,8-9,19-20,27H,2,6-7,10-17H2,1H3,(H,23,24). The van der Waals surface area contributed by atoms with Gasteiger partial charge in [-0.3, -0.25) is 9.89 Å². The molecule has 3 fully saturated rings. The van der Waals surface area contributed by atoms with Gasteiger partial charge in [0.05, 0.1) is 30.9 Å². The van der Waals surface area contributed by atoms with Crippen LogP contribution in [-0.2, 0) is 11.3 Å². The van der Waals surface area contributed by atoms with Crippen LogP contribution in [0.15, 0.2) is 35.3 Å². The molecule has 154 valence electrons. The maximum Gasteiger partial charge on any atom is 0.194 e. The van der Waals surface area contributed by atoms with E-state index in [4.69, 9.17) is 9.73 Å². The fraction of sp³-hybridized carbons (Fsp3) is 0.682. The molecule has 0 spiro atoms. The lowest BCUT2D eigenvalue weighted by atomic mass is 10.0. The van der Waals surface area contributed by atoms with E-state index in [2.05, 4.69) is 52.4 Å². The minimum absolute atomic E-state index is 0.218. The van der Waals surface area contributed by atoms with Crippen molar-refractivity contribution in [3.05, 3.63) is 35.9 Å². The lowest BCUT2D eigenvalue weighted by Crippen LogP contribution is -2.50.